The van der Waals surface area contributed by atoms with Crippen LogP contribution in [0.4, 0.5) is 0 Å². The van der Waals surface area contributed by atoms with Crippen molar-refractivity contribution in [1.29, 1.82) is 0 Å². The highest BCUT2D eigenvalue weighted by atomic mass is 32.2. The van der Waals surface area contributed by atoms with Gasteiger partial charge in [-0.3, -0.25) is 4.79 Å². The lowest BCUT2D eigenvalue weighted by atomic mass is 9.96. The molecule has 32 heavy (non-hydrogen) atoms. The highest BCUT2D eigenvalue weighted by Gasteiger charge is 2.30. The van der Waals surface area contributed by atoms with E-state index in [-0.39, 0.29) is 18.6 Å². The third kappa shape index (κ3) is 4.45. The van der Waals surface area contributed by atoms with Crippen LogP contribution in [0.3, 0.4) is 0 Å². The van der Waals surface area contributed by atoms with Crippen molar-refractivity contribution in [2.75, 3.05) is 45.3 Å². The Bertz CT molecular complexity index is 959. The maximum atomic E-state index is 13.2. The summed E-state index contributed by atoms with van der Waals surface area (Å²) in [6.07, 6.45) is 4.64. The van der Waals surface area contributed by atoms with Gasteiger partial charge < -0.3 is 23.8 Å². The first-order valence-corrected chi connectivity index (χ1v) is 12.7. The maximum absolute atomic E-state index is 13.2. The number of hydrogen-bond donors (Lipinski definition) is 0. The van der Waals surface area contributed by atoms with Crippen LogP contribution in [0.25, 0.3) is 0 Å². The molecular weight excluding hydrogens is 426 g/mol. The predicted molar refractivity (Wildman–Crippen MR) is 123 cm³/mol. The van der Waals surface area contributed by atoms with Crippen molar-refractivity contribution in [2.45, 2.75) is 50.2 Å². The average Bonchev–Trinajstić information content (AvgIpc) is 3.59. The van der Waals surface area contributed by atoms with E-state index in [1.165, 1.54) is 25.9 Å². The number of likely N-dealkylation sites (tertiary alicyclic amines) is 2. The molecule has 5 rings (SSSR count). The summed E-state index contributed by atoms with van der Waals surface area (Å²) in [5.41, 5.74) is 0.644. The normalized spacial score (nSPS) is 20.8. The molecule has 1 atom stereocenters. The third-order valence-corrected chi connectivity index (χ3v) is 7.54. The fraction of sp³-hybridized carbons (Fsp3) is 0.609. The molecule has 3 aliphatic heterocycles. The zero-order valence-electron chi connectivity index (χ0n) is 18.7. The third-order valence-electron chi connectivity index (χ3n) is 6.59. The molecular formula is C23H31N5O3S. The van der Waals surface area contributed by atoms with Crippen molar-refractivity contribution in [1.82, 2.24) is 24.6 Å². The molecule has 0 unspecified atom stereocenters. The molecule has 0 bridgehead atoms. The van der Waals surface area contributed by atoms with E-state index in [0.717, 1.165) is 49.2 Å². The van der Waals surface area contributed by atoms with Crippen molar-refractivity contribution in [3.63, 3.8) is 0 Å². The number of thioether (sulfide) groups is 1. The van der Waals surface area contributed by atoms with Crippen molar-refractivity contribution in [2.24, 2.45) is 0 Å². The minimum atomic E-state index is 0.0378. The van der Waals surface area contributed by atoms with E-state index in [0.29, 0.717) is 23.6 Å². The largest absolute Gasteiger partial charge is 0.454 e. The lowest BCUT2D eigenvalue weighted by Crippen LogP contribution is -2.39. The summed E-state index contributed by atoms with van der Waals surface area (Å²) >= 11 is 1.80. The Morgan fingerprint density at radius 1 is 1.12 bits per heavy atom. The van der Waals surface area contributed by atoms with Crippen molar-refractivity contribution >= 4 is 17.7 Å². The zero-order chi connectivity index (χ0) is 21.9. The molecule has 9 heteroatoms. The van der Waals surface area contributed by atoms with E-state index < -0.39 is 0 Å². The number of piperidine rings is 1. The number of fused-ring (bicyclic) bond motifs is 1. The molecule has 1 aromatic carbocycles. The first kappa shape index (κ1) is 21.6. The molecule has 0 saturated carbocycles. The summed E-state index contributed by atoms with van der Waals surface area (Å²) in [6, 6.07) is 5.43. The Hall–Kier alpha value is -2.26. The molecule has 0 spiro atoms. The number of rotatable bonds is 7. The van der Waals surface area contributed by atoms with Gasteiger partial charge in [-0.1, -0.05) is 11.8 Å². The first-order chi connectivity index (χ1) is 15.7. The van der Waals surface area contributed by atoms with Gasteiger partial charge in [-0.2, -0.15) is 0 Å². The molecule has 0 radical (unpaired) electrons. The lowest BCUT2D eigenvalue weighted by Gasteiger charge is -2.32. The number of benzene rings is 1. The van der Waals surface area contributed by atoms with Crippen LogP contribution in [0.15, 0.2) is 23.4 Å². The van der Waals surface area contributed by atoms with Gasteiger partial charge in [0.15, 0.2) is 16.7 Å². The van der Waals surface area contributed by atoms with Crippen molar-refractivity contribution < 1.29 is 14.3 Å². The first-order valence-electron chi connectivity index (χ1n) is 11.7. The molecule has 3 aliphatic rings. The molecule has 2 aromatic rings. The summed E-state index contributed by atoms with van der Waals surface area (Å²) in [7, 11) is 0. The minimum Gasteiger partial charge on any atom is -0.454 e. The van der Waals surface area contributed by atoms with Gasteiger partial charge >= 0.3 is 0 Å². The van der Waals surface area contributed by atoms with Gasteiger partial charge in [0.2, 0.25) is 6.79 Å². The Morgan fingerprint density at radius 2 is 1.97 bits per heavy atom. The Balaban J connectivity index is 1.24. The number of nitrogens with zero attached hydrogens (tertiary/aromatic N) is 5. The monoisotopic (exact) mass is 457 g/mol. The zero-order valence-corrected chi connectivity index (χ0v) is 19.5. The van der Waals surface area contributed by atoms with Gasteiger partial charge in [-0.25, -0.2) is 0 Å². The Kier molecular flexibility index (Phi) is 6.54. The van der Waals surface area contributed by atoms with Crippen LogP contribution in [0.2, 0.25) is 0 Å². The van der Waals surface area contributed by atoms with Crippen molar-refractivity contribution in [3.05, 3.63) is 29.6 Å². The summed E-state index contributed by atoms with van der Waals surface area (Å²) < 4.78 is 13.1. The van der Waals surface area contributed by atoms with Crippen LogP contribution in [-0.2, 0) is 6.54 Å². The van der Waals surface area contributed by atoms with Gasteiger partial charge in [-0.05, 0) is 63.9 Å². The van der Waals surface area contributed by atoms with E-state index in [1.54, 1.807) is 17.8 Å². The van der Waals surface area contributed by atoms with Gasteiger partial charge in [0.05, 0.1) is 0 Å². The molecule has 0 aliphatic carbocycles. The molecule has 2 saturated heterocycles. The van der Waals surface area contributed by atoms with Crippen LogP contribution in [0.5, 0.6) is 11.5 Å². The topological polar surface area (TPSA) is 72.7 Å². The number of amides is 1. The second-order valence-electron chi connectivity index (χ2n) is 8.64. The second-order valence-corrected chi connectivity index (χ2v) is 9.70. The van der Waals surface area contributed by atoms with Crippen LogP contribution in [-0.4, -0.2) is 75.7 Å². The number of carbonyl (C=O) groups excluding carboxylic acids is 1. The number of carbonyl (C=O) groups is 1. The van der Waals surface area contributed by atoms with E-state index in [1.807, 2.05) is 17.0 Å². The van der Waals surface area contributed by atoms with E-state index in [9.17, 15) is 4.79 Å². The fourth-order valence-electron chi connectivity index (χ4n) is 4.86. The van der Waals surface area contributed by atoms with Crippen LogP contribution in [0, 0.1) is 0 Å². The van der Waals surface area contributed by atoms with E-state index in [2.05, 4.69) is 26.6 Å². The molecule has 172 valence electrons. The van der Waals surface area contributed by atoms with Crippen LogP contribution >= 0.6 is 11.8 Å². The quantitative estimate of drug-likeness (QED) is 0.591. The number of ether oxygens (including phenoxy) is 2. The van der Waals surface area contributed by atoms with Gasteiger partial charge in [-0.15, -0.1) is 10.2 Å². The smallest absolute Gasteiger partial charge is 0.254 e. The molecule has 0 N–H and O–H groups in total. The Morgan fingerprint density at radius 3 is 2.81 bits per heavy atom. The predicted octanol–water partition coefficient (Wildman–Crippen LogP) is 3.23. The highest BCUT2D eigenvalue weighted by molar-refractivity contribution is 7.99. The van der Waals surface area contributed by atoms with Crippen molar-refractivity contribution in [3.8, 4) is 11.5 Å². The summed E-state index contributed by atoms with van der Waals surface area (Å²) in [4.78, 5) is 17.7. The van der Waals surface area contributed by atoms with E-state index >= 15 is 0 Å². The van der Waals surface area contributed by atoms with E-state index in [4.69, 9.17) is 9.47 Å². The van der Waals surface area contributed by atoms with Gasteiger partial charge in [0, 0.05) is 43.4 Å². The SMILES string of the molecule is CCn1c(SCCN2CCCC2)nnc1[C@H]1CCCN(C(=O)c2ccc3c(c2)OCO3)C1. The molecule has 4 heterocycles. The number of aromatic nitrogens is 3. The Labute approximate surface area is 193 Å². The molecule has 2 fully saturated rings. The lowest BCUT2D eigenvalue weighted by molar-refractivity contribution is 0.0702. The van der Waals surface area contributed by atoms with Gasteiger partial charge in [0.1, 0.15) is 5.82 Å². The second kappa shape index (κ2) is 9.70. The minimum absolute atomic E-state index is 0.0378. The standard InChI is InChI=1S/C23H31N5O3S/c1-2-28-21(24-25-23(28)32-13-12-26-9-3-4-10-26)18-6-5-11-27(15-18)22(29)17-7-8-19-20(14-17)31-16-30-19/h7-8,14,18H,2-6,9-13,15-16H2,1H3/t18-/m0/s1. The summed E-state index contributed by atoms with van der Waals surface area (Å²) in [5, 5.41) is 10.1. The maximum Gasteiger partial charge on any atom is 0.254 e. The van der Waals surface area contributed by atoms with Crippen LogP contribution in [0.1, 0.15) is 54.7 Å². The summed E-state index contributed by atoms with van der Waals surface area (Å²) in [6.45, 7) is 8.20. The average molecular weight is 458 g/mol. The molecule has 1 aromatic heterocycles. The molecule has 8 nitrogen and oxygen atoms in total. The summed E-state index contributed by atoms with van der Waals surface area (Å²) in [5.74, 6) is 3.64. The highest BCUT2D eigenvalue weighted by Crippen LogP contribution is 2.34. The number of hydrogen-bond acceptors (Lipinski definition) is 7. The fourth-order valence-corrected chi connectivity index (χ4v) is 5.87. The molecule has 1 amide bonds. The van der Waals surface area contributed by atoms with Gasteiger partial charge in [0.25, 0.3) is 5.91 Å². The van der Waals surface area contributed by atoms with Crippen LogP contribution < -0.4 is 9.47 Å².